The lowest BCUT2D eigenvalue weighted by molar-refractivity contribution is 0.854. The van der Waals surface area contributed by atoms with Crippen LogP contribution in [0.15, 0.2) is 30.6 Å². The number of rotatable bonds is 3. The number of aromatic nitrogens is 2. The molecule has 1 unspecified atom stereocenters. The molecule has 3 heteroatoms. The van der Waals surface area contributed by atoms with Crippen molar-refractivity contribution in [3.8, 4) is 0 Å². The van der Waals surface area contributed by atoms with Gasteiger partial charge in [0.05, 0.1) is 6.04 Å². The highest BCUT2D eigenvalue weighted by atomic mass is 15.0. The van der Waals surface area contributed by atoms with Crippen molar-refractivity contribution in [1.82, 2.24) is 9.97 Å². The van der Waals surface area contributed by atoms with Crippen molar-refractivity contribution < 1.29 is 0 Å². The molecule has 3 nitrogen and oxygen atoms in total. The topological polar surface area (TPSA) is 37.8 Å². The standard InChI is InChI=1S/C16H19N3/c1-11-6-3-4-7-13(11)12(2)19-16-14-8-5-9-15(14)17-10-18-16/h3-4,6-7,10,12H,5,8-9H2,1-2H3,(H,17,18,19). The number of hydrogen-bond acceptors (Lipinski definition) is 3. The van der Waals surface area contributed by atoms with Crippen LogP contribution in [0.2, 0.25) is 0 Å². The Kier molecular flexibility index (Phi) is 3.20. The average molecular weight is 253 g/mol. The minimum Gasteiger partial charge on any atom is -0.363 e. The summed E-state index contributed by atoms with van der Waals surface area (Å²) in [6, 6.07) is 8.76. The molecule has 1 aliphatic carbocycles. The third kappa shape index (κ3) is 2.33. The van der Waals surface area contributed by atoms with E-state index in [0.717, 1.165) is 18.7 Å². The van der Waals surface area contributed by atoms with Crippen LogP contribution in [0, 0.1) is 6.92 Å². The summed E-state index contributed by atoms with van der Waals surface area (Å²) in [5.74, 6) is 1.01. The maximum absolute atomic E-state index is 4.42. The van der Waals surface area contributed by atoms with Gasteiger partial charge in [-0.25, -0.2) is 9.97 Å². The molecule has 1 aromatic carbocycles. The zero-order valence-corrected chi connectivity index (χ0v) is 11.5. The second-order valence-electron chi connectivity index (χ2n) is 5.22. The lowest BCUT2D eigenvalue weighted by Crippen LogP contribution is -2.11. The van der Waals surface area contributed by atoms with E-state index < -0.39 is 0 Å². The van der Waals surface area contributed by atoms with Crippen LogP contribution in [0.3, 0.4) is 0 Å². The van der Waals surface area contributed by atoms with Crippen LogP contribution in [-0.4, -0.2) is 9.97 Å². The maximum Gasteiger partial charge on any atom is 0.133 e. The van der Waals surface area contributed by atoms with Gasteiger partial charge in [0.1, 0.15) is 12.1 Å². The molecular weight excluding hydrogens is 234 g/mol. The van der Waals surface area contributed by atoms with Gasteiger partial charge in [0.25, 0.3) is 0 Å². The Balaban J connectivity index is 1.86. The monoisotopic (exact) mass is 253 g/mol. The number of anilines is 1. The third-order valence-electron chi connectivity index (χ3n) is 3.88. The van der Waals surface area contributed by atoms with Crippen molar-refractivity contribution in [2.75, 3.05) is 5.32 Å². The van der Waals surface area contributed by atoms with Crippen LogP contribution in [0.5, 0.6) is 0 Å². The number of hydrogen-bond donors (Lipinski definition) is 1. The van der Waals surface area contributed by atoms with Crippen molar-refractivity contribution in [2.45, 2.75) is 39.2 Å². The van der Waals surface area contributed by atoms with E-state index in [4.69, 9.17) is 0 Å². The number of benzene rings is 1. The molecule has 0 radical (unpaired) electrons. The minimum absolute atomic E-state index is 0.265. The minimum atomic E-state index is 0.265. The van der Waals surface area contributed by atoms with Gasteiger partial charge >= 0.3 is 0 Å². The molecule has 0 amide bonds. The van der Waals surface area contributed by atoms with Gasteiger partial charge in [-0.3, -0.25) is 0 Å². The molecule has 1 N–H and O–H groups in total. The predicted molar refractivity (Wildman–Crippen MR) is 77.3 cm³/mol. The first kappa shape index (κ1) is 12.2. The Morgan fingerprint density at radius 3 is 2.84 bits per heavy atom. The molecule has 0 saturated heterocycles. The number of fused-ring (bicyclic) bond motifs is 1. The Morgan fingerprint density at radius 2 is 2.00 bits per heavy atom. The molecule has 19 heavy (non-hydrogen) atoms. The summed E-state index contributed by atoms with van der Waals surface area (Å²) in [6.07, 6.45) is 5.06. The van der Waals surface area contributed by atoms with Gasteiger partial charge in [0.2, 0.25) is 0 Å². The maximum atomic E-state index is 4.42. The van der Waals surface area contributed by atoms with E-state index in [9.17, 15) is 0 Å². The Labute approximate surface area is 114 Å². The van der Waals surface area contributed by atoms with E-state index in [2.05, 4.69) is 53.4 Å². The van der Waals surface area contributed by atoms with Gasteiger partial charge in [0.15, 0.2) is 0 Å². The molecule has 0 aliphatic heterocycles. The zero-order valence-electron chi connectivity index (χ0n) is 11.5. The molecule has 2 aromatic rings. The highest BCUT2D eigenvalue weighted by Crippen LogP contribution is 2.28. The predicted octanol–water partition coefficient (Wildman–Crippen LogP) is 3.45. The summed E-state index contributed by atoms with van der Waals surface area (Å²) in [7, 11) is 0. The second kappa shape index (κ2) is 5.00. The van der Waals surface area contributed by atoms with E-state index in [0.29, 0.717) is 0 Å². The van der Waals surface area contributed by atoms with E-state index in [1.807, 2.05) is 0 Å². The summed E-state index contributed by atoms with van der Waals surface area (Å²) in [5, 5.41) is 3.55. The van der Waals surface area contributed by atoms with Crippen LogP contribution in [-0.2, 0) is 12.8 Å². The van der Waals surface area contributed by atoms with Crippen LogP contribution < -0.4 is 5.32 Å². The second-order valence-corrected chi connectivity index (χ2v) is 5.22. The molecule has 0 bridgehead atoms. The van der Waals surface area contributed by atoms with Crippen LogP contribution in [0.1, 0.15) is 41.8 Å². The molecule has 3 rings (SSSR count). The van der Waals surface area contributed by atoms with Gasteiger partial charge < -0.3 is 5.32 Å². The Morgan fingerprint density at radius 1 is 1.16 bits per heavy atom. The van der Waals surface area contributed by atoms with E-state index >= 15 is 0 Å². The Hall–Kier alpha value is -1.90. The highest BCUT2D eigenvalue weighted by molar-refractivity contribution is 5.50. The summed E-state index contributed by atoms with van der Waals surface area (Å²) >= 11 is 0. The highest BCUT2D eigenvalue weighted by Gasteiger charge is 2.18. The average Bonchev–Trinajstić information content (AvgIpc) is 2.88. The molecule has 1 aromatic heterocycles. The van der Waals surface area contributed by atoms with E-state index in [1.54, 1.807) is 6.33 Å². The largest absolute Gasteiger partial charge is 0.363 e. The SMILES string of the molecule is Cc1ccccc1C(C)Nc1ncnc2c1CCC2. The fourth-order valence-electron chi connectivity index (χ4n) is 2.84. The molecular formula is C16H19N3. The summed E-state index contributed by atoms with van der Waals surface area (Å²) in [4.78, 5) is 8.79. The van der Waals surface area contributed by atoms with Crippen molar-refractivity contribution >= 4 is 5.82 Å². The fraction of sp³-hybridized carbons (Fsp3) is 0.375. The molecule has 0 spiro atoms. The molecule has 0 fully saturated rings. The van der Waals surface area contributed by atoms with Crippen molar-refractivity contribution in [3.63, 3.8) is 0 Å². The lowest BCUT2D eigenvalue weighted by Gasteiger charge is -2.18. The van der Waals surface area contributed by atoms with Gasteiger partial charge in [-0.2, -0.15) is 0 Å². The number of aryl methyl sites for hydroxylation is 2. The fourth-order valence-corrected chi connectivity index (χ4v) is 2.84. The van der Waals surface area contributed by atoms with Crippen molar-refractivity contribution in [2.24, 2.45) is 0 Å². The summed E-state index contributed by atoms with van der Waals surface area (Å²) < 4.78 is 0. The first-order chi connectivity index (χ1) is 9.25. The van der Waals surface area contributed by atoms with Crippen LogP contribution in [0.4, 0.5) is 5.82 Å². The van der Waals surface area contributed by atoms with Gasteiger partial charge in [0, 0.05) is 11.3 Å². The first-order valence-corrected chi connectivity index (χ1v) is 6.90. The zero-order chi connectivity index (χ0) is 13.2. The molecule has 1 atom stereocenters. The van der Waals surface area contributed by atoms with Gasteiger partial charge in [-0.1, -0.05) is 24.3 Å². The molecule has 1 heterocycles. The van der Waals surface area contributed by atoms with Crippen molar-refractivity contribution in [1.29, 1.82) is 0 Å². The Bertz CT molecular complexity index is 592. The summed E-state index contributed by atoms with van der Waals surface area (Å²) in [6.45, 7) is 4.34. The van der Waals surface area contributed by atoms with Gasteiger partial charge in [-0.05, 0) is 44.2 Å². The van der Waals surface area contributed by atoms with Crippen molar-refractivity contribution in [3.05, 3.63) is 53.0 Å². The number of nitrogens with zero attached hydrogens (tertiary/aromatic N) is 2. The molecule has 98 valence electrons. The van der Waals surface area contributed by atoms with Crippen LogP contribution in [0.25, 0.3) is 0 Å². The molecule has 0 saturated carbocycles. The third-order valence-corrected chi connectivity index (χ3v) is 3.88. The van der Waals surface area contributed by atoms with E-state index in [1.165, 1.54) is 28.8 Å². The van der Waals surface area contributed by atoms with Crippen LogP contribution >= 0.6 is 0 Å². The van der Waals surface area contributed by atoms with E-state index in [-0.39, 0.29) is 6.04 Å². The number of nitrogens with one attached hydrogen (secondary N) is 1. The normalized spacial score (nSPS) is 15.1. The lowest BCUT2D eigenvalue weighted by atomic mass is 10.0. The quantitative estimate of drug-likeness (QED) is 0.910. The smallest absolute Gasteiger partial charge is 0.133 e. The van der Waals surface area contributed by atoms with Gasteiger partial charge in [-0.15, -0.1) is 0 Å². The molecule has 1 aliphatic rings. The summed E-state index contributed by atoms with van der Waals surface area (Å²) in [5.41, 5.74) is 5.17. The first-order valence-electron chi connectivity index (χ1n) is 6.90.